The van der Waals surface area contributed by atoms with Gasteiger partial charge in [-0.1, -0.05) is 57.9 Å². The molecule has 0 amide bonds. The molecule has 0 saturated carbocycles. The molecule has 88 valence electrons. The molecule has 1 nitrogen and oxygen atoms in total. The number of aliphatic hydroxyl groups is 1. The smallest absolute Gasteiger partial charge is 0.105 e. The monoisotopic (exact) mass is 290 g/mol. The Hall–Kier alpha value is -1.12. The van der Waals surface area contributed by atoms with E-state index < -0.39 is 6.10 Å². The van der Waals surface area contributed by atoms with Crippen LogP contribution in [0.2, 0.25) is 0 Å². The van der Waals surface area contributed by atoms with Gasteiger partial charge in [-0.05, 0) is 36.6 Å². The van der Waals surface area contributed by atoms with Crippen LogP contribution in [0, 0.1) is 13.8 Å². The number of aliphatic hydroxyl groups excluding tert-OH is 1. The van der Waals surface area contributed by atoms with Crippen LogP contribution in [0.25, 0.3) is 0 Å². The van der Waals surface area contributed by atoms with E-state index in [2.05, 4.69) is 22.0 Å². The third-order valence-electron chi connectivity index (χ3n) is 2.93. The molecule has 0 saturated heterocycles. The first-order chi connectivity index (χ1) is 8.09. The third-order valence-corrected chi connectivity index (χ3v) is 3.65. The van der Waals surface area contributed by atoms with E-state index in [1.807, 2.05) is 50.2 Å². The van der Waals surface area contributed by atoms with Crippen LogP contribution in [0.5, 0.6) is 0 Å². The minimum absolute atomic E-state index is 0.578. The Kier molecular flexibility index (Phi) is 3.65. The first-order valence-electron chi connectivity index (χ1n) is 5.59. The molecule has 0 aromatic heterocycles. The van der Waals surface area contributed by atoms with Gasteiger partial charge in [0, 0.05) is 4.47 Å². The molecule has 1 atom stereocenters. The maximum atomic E-state index is 10.4. The van der Waals surface area contributed by atoms with Gasteiger partial charge >= 0.3 is 0 Å². The second-order valence-corrected chi connectivity index (χ2v) is 5.14. The molecule has 0 aliphatic heterocycles. The van der Waals surface area contributed by atoms with E-state index in [1.165, 1.54) is 0 Å². The lowest BCUT2D eigenvalue weighted by Crippen LogP contribution is -2.03. The summed E-state index contributed by atoms with van der Waals surface area (Å²) in [4.78, 5) is 0. The molecule has 0 aliphatic rings. The highest BCUT2D eigenvalue weighted by atomic mass is 79.9. The van der Waals surface area contributed by atoms with Crippen molar-refractivity contribution in [2.24, 2.45) is 0 Å². The van der Waals surface area contributed by atoms with E-state index in [-0.39, 0.29) is 0 Å². The summed E-state index contributed by atoms with van der Waals surface area (Å²) in [5.74, 6) is 0. The second-order valence-electron chi connectivity index (χ2n) is 4.28. The van der Waals surface area contributed by atoms with E-state index >= 15 is 0 Å². The lowest BCUT2D eigenvalue weighted by molar-refractivity contribution is 0.218. The summed E-state index contributed by atoms with van der Waals surface area (Å²) in [5, 5.41) is 10.4. The zero-order chi connectivity index (χ0) is 12.4. The first kappa shape index (κ1) is 12.3. The zero-order valence-corrected chi connectivity index (χ0v) is 11.5. The summed E-state index contributed by atoms with van der Waals surface area (Å²) >= 11 is 3.48. The highest BCUT2D eigenvalue weighted by molar-refractivity contribution is 9.10. The molecule has 0 bridgehead atoms. The summed E-state index contributed by atoms with van der Waals surface area (Å²) in [6.45, 7) is 4.06. The summed E-state index contributed by atoms with van der Waals surface area (Å²) < 4.78 is 0.938. The summed E-state index contributed by atoms with van der Waals surface area (Å²) in [6, 6.07) is 13.9. The van der Waals surface area contributed by atoms with Crippen LogP contribution in [0.1, 0.15) is 28.4 Å². The van der Waals surface area contributed by atoms with Gasteiger partial charge in [-0.3, -0.25) is 0 Å². The molecule has 1 N–H and O–H groups in total. The average Bonchev–Trinajstić information content (AvgIpc) is 2.32. The second kappa shape index (κ2) is 5.03. The quantitative estimate of drug-likeness (QED) is 0.881. The van der Waals surface area contributed by atoms with E-state index in [0.29, 0.717) is 0 Å². The van der Waals surface area contributed by atoms with Crippen molar-refractivity contribution in [1.29, 1.82) is 0 Å². The first-order valence-corrected chi connectivity index (χ1v) is 6.38. The average molecular weight is 291 g/mol. The fourth-order valence-electron chi connectivity index (χ4n) is 1.92. The molecule has 2 aromatic carbocycles. The van der Waals surface area contributed by atoms with E-state index in [1.54, 1.807) is 0 Å². The Morgan fingerprint density at radius 2 is 1.71 bits per heavy atom. The normalized spacial score (nSPS) is 12.5. The number of rotatable bonds is 2. The molecule has 0 heterocycles. The Balaban J connectivity index is 2.47. The van der Waals surface area contributed by atoms with Crippen molar-refractivity contribution in [2.75, 3.05) is 0 Å². The maximum absolute atomic E-state index is 10.4. The molecule has 17 heavy (non-hydrogen) atoms. The minimum Gasteiger partial charge on any atom is -0.384 e. The number of aryl methyl sites for hydroxylation is 2. The zero-order valence-electron chi connectivity index (χ0n) is 9.94. The van der Waals surface area contributed by atoms with Crippen molar-refractivity contribution in [3.63, 3.8) is 0 Å². The largest absolute Gasteiger partial charge is 0.384 e. The Bertz CT molecular complexity index is 534. The fraction of sp³-hybridized carbons (Fsp3) is 0.200. The Morgan fingerprint density at radius 3 is 2.41 bits per heavy atom. The molecule has 0 spiro atoms. The van der Waals surface area contributed by atoms with Gasteiger partial charge in [-0.25, -0.2) is 0 Å². The molecular formula is C15H15BrO. The van der Waals surface area contributed by atoms with Crippen LogP contribution in [-0.2, 0) is 0 Å². The number of benzene rings is 2. The van der Waals surface area contributed by atoms with Crippen molar-refractivity contribution in [1.82, 2.24) is 0 Å². The Labute approximate surface area is 110 Å². The number of hydrogen-bond donors (Lipinski definition) is 1. The van der Waals surface area contributed by atoms with Crippen LogP contribution in [0.3, 0.4) is 0 Å². The van der Waals surface area contributed by atoms with Crippen LogP contribution >= 0.6 is 15.9 Å². The molecule has 0 unspecified atom stereocenters. The maximum Gasteiger partial charge on any atom is 0.105 e. The van der Waals surface area contributed by atoms with Gasteiger partial charge in [0.15, 0.2) is 0 Å². The molecular weight excluding hydrogens is 276 g/mol. The van der Waals surface area contributed by atoms with Crippen LogP contribution in [0.4, 0.5) is 0 Å². The van der Waals surface area contributed by atoms with Crippen molar-refractivity contribution in [3.05, 3.63) is 69.2 Å². The third kappa shape index (κ3) is 2.59. The lowest BCUT2D eigenvalue weighted by Gasteiger charge is -2.16. The van der Waals surface area contributed by atoms with Crippen LogP contribution in [0.15, 0.2) is 46.9 Å². The topological polar surface area (TPSA) is 20.2 Å². The summed E-state index contributed by atoms with van der Waals surface area (Å²) in [5.41, 5.74) is 4.15. The van der Waals surface area contributed by atoms with Gasteiger partial charge in [0.05, 0.1) is 0 Å². The summed E-state index contributed by atoms with van der Waals surface area (Å²) in [6.07, 6.45) is -0.578. The highest BCUT2D eigenvalue weighted by Crippen LogP contribution is 2.30. The van der Waals surface area contributed by atoms with Gasteiger partial charge in [0.1, 0.15) is 6.10 Å². The molecule has 2 aromatic rings. The van der Waals surface area contributed by atoms with Crippen molar-refractivity contribution >= 4 is 15.9 Å². The molecule has 0 aliphatic carbocycles. The molecule has 2 heteroatoms. The van der Waals surface area contributed by atoms with Gasteiger partial charge in [-0.2, -0.15) is 0 Å². The molecule has 2 rings (SSSR count). The van der Waals surface area contributed by atoms with Gasteiger partial charge in [0.25, 0.3) is 0 Å². The van der Waals surface area contributed by atoms with E-state index in [0.717, 1.165) is 26.7 Å². The molecule has 0 fully saturated rings. The van der Waals surface area contributed by atoms with E-state index in [4.69, 9.17) is 0 Å². The number of halogens is 1. The minimum atomic E-state index is -0.578. The highest BCUT2D eigenvalue weighted by Gasteiger charge is 2.15. The van der Waals surface area contributed by atoms with Gasteiger partial charge < -0.3 is 5.11 Å². The van der Waals surface area contributed by atoms with Gasteiger partial charge in [-0.15, -0.1) is 0 Å². The standard InChI is InChI=1S/C15H15BrO/c1-10-7-8-11(2)13(9-10)15(17)12-5-3-4-6-14(12)16/h3-9,15,17H,1-2H3/t15-/m0/s1. The predicted molar refractivity (Wildman–Crippen MR) is 74.1 cm³/mol. The SMILES string of the molecule is Cc1ccc(C)c([C@@H](O)c2ccccc2Br)c1. The summed E-state index contributed by atoms with van der Waals surface area (Å²) in [7, 11) is 0. The molecule has 0 radical (unpaired) electrons. The fourth-order valence-corrected chi connectivity index (χ4v) is 2.42. The van der Waals surface area contributed by atoms with Crippen LogP contribution in [-0.4, -0.2) is 5.11 Å². The van der Waals surface area contributed by atoms with E-state index in [9.17, 15) is 5.11 Å². The number of hydrogen-bond acceptors (Lipinski definition) is 1. The lowest BCUT2D eigenvalue weighted by atomic mass is 9.96. The van der Waals surface area contributed by atoms with Crippen LogP contribution < -0.4 is 0 Å². The van der Waals surface area contributed by atoms with Gasteiger partial charge in [0.2, 0.25) is 0 Å². The van der Waals surface area contributed by atoms with Crippen molar-refractivity contribution in [3.8, 4) is 0 Å². The van der Waals surface area contributed by atoms with Crippen molar-refractivity contribution < 1.29 is 5.11 Å². The Morgan fingerprint density at radius 1 is 1.00 bits per heavy atom. The van der Waals surface area contributed by atoms with Crippen molar-refractivity contribution in [2.45, 2.75) is 20.0 Å². The predicted octanol–water partition coefficient (Wildman–Crippen LogP) is 4.15.